The van der Waals surface area contributed by atoms with E-state index in [0.29, 0.717) is 18.4 Å². The monoisotopic (exact) mass is 214 g/mol. The van der Waals surface area contributed by atoms with Crippen molar-refractivity contribution < 1.29 is 9.53 Å². The molecule has 0 atom stereocenters. The minimum Gasteiger partial charge on any atom is -0.466 e. The summed E-state index contributed by atoms with van der Waals surface area (Å²) in [5, 5.41) is 0. The summed E-state index contributed by atoms with van der Waals surface area (Å²) in [6.45, 7) is 9.19. The van der Waals surface area contributed by atoms with Crippen LogP contribution in [0.1, 0.15) is 66.2 Å². The third-order valence-electron chi connectivity index (χ3n) is 3.00. The van der Waals surface area contributed by atoms with E-state index < -0.39 is 0 Å². The van der Waals surface area contributed by atoms with E-state index in [9.17, 15) is 4.79 Å². The summed E-state index contributed by atoms with van der Waals surface area (Å²) in [4.78, 5) is 11.0. The predicted octanol–water partition coefficient (Wildman–Crippen LogP) is 3.94. The van der Waals surface area contributed by atoms with E-state index in [0.717, 1.165) is 12.8 Å². The van der Waals surface area contributed by atoms with Crippen molar-refractivity contribution in [1.29, 1.82) is 0 Å². The van der Waals surface area contributed by atoms with Crippen molar-refractivity contribution in [3.05, 3.63) is 0 Å². The minimum absolute atomic E-state index is 0.0488. The van der Waals surface area contributed by atoms with Crippen molar-refractivity contribution in [2.45, 2.75) is 66.2 Å². The quantitative estimate of drug-likeness (QED) is 0.452. The van der Waals surface area contributed by atoms with Crippen LogP contribution in [-0.2, 0) is 9.53 Å². The molecule has 0 N–H and O–H groups in total. The Labute approximate surface area is 94.4 Å². The zero-order valence-electron chi connectivity index (χ0n) is 10.8. The Hall–Kier alpha value is -0.530. The second-order valence-corrected chi connectivity index (χ2v) is 4.88. The van der Waals surface area contributed by atoms with Gasteiger partial charge in [0.2, 0.25) is 0 Å². The van der Waals surface area contributed by atoms with Crippen LogP contribution < -0.4 is 0 Å². The Kier molecular flexibility index (Phi) is 7.45. The van der Waals surface area contributed by atoms with Gasteiger partial charge in [-0.2, -0.15) is 0 Å². The van der Waals surface area contributed by atoms with Crippen molar-refractivity contribution in [3.8, 4) is 0 Å². The Bertz CT molecular complexity index is 173. The predicted molar refractivity (Wildman–Crippen MR) is 63.8 cm³/mol. The smallest absolute Gasteiger partial charge is 0.305 e. The van der Waals surface area contributed by atoms with Gasteiger partial charge in [0.15, 0.2) is 0 Å². The largest absolute Gasteiger partial charge is 0.466 e. The number of ether oxygens (including phenoxy) is 1. The Morgan fingerprint density at radius 3 is 2.33 bits per heavy atom. The van der Waals surface area contributed by atoms with E-state index in [2.05, 4.69) is 20.8 Å². The van der Waals surface area contributed by atoms with Crippen LogP contribution in [0.3, 0.4) is 0 Å². The van der Waals surface area contributed by atoms with E-state index in [4.69, 9.17) is 4.74 Å². The van der Waals surface area contributed by atoms with Crippen molar-refractivity contribution >= 4 is 5.97 Å². The van der Waals surface area contributed by atoms with Crippen LogP contribution in [0.5, 0.6) is 0 Å². The van der Waals surface area contributed by atoms with Crippen LogP contribution in [0.4, 0.5) is 0 Å². The van der Waals surface area contributed by atoms with Gasteiger partial charge in [-0.05, 0) is 25.2 Å². The Balaban J connectivity index is 3.36. The molecule has 0 aromatic rings. The maximum atomic E-state index is 11.0. The van der Waals surface area contributed by atoms with Gasteiger partial charge in [-0.25, -0.2) is 0 Å². The van der Waals surface area contributed by atoms with Crippen LogP contribution in [-0.4, -0.2) is 12.6 Å². The first-order valence-corrected chi connectivity index (χ1v) is 6.17. The number of hydrogen-bond donors (Lipinski definition) is 0. The molecule has 0 fully saturated rings. The number of carbonyl (C=O) groups is 1. The summed E-state index contributed by atoms with van der Waals surface area (Å²) >= 11 is 0. The van der Waals surface area contributed by atoms with Crippen molar-refractivity contribution in [1.82, 2.24) is 0 Å². The minimum atomic E-state index is -0.0488. The van der Waals surface area contributed by atoms with E-state index in [-0.39, 0.29) is 5.97 Å². The van der Waals surface area contributed by atoms with Crippen LogP contribution in [0, 0.1) is 5.41 Å². The first-order valence-electron chi connectivity index (χ1n) is 6.17. The Morgan fingerprint density at radius 1 is 1.13 bits per heavy atom. The van der Waals surface area contributed by atoms with Crippen molar-refractivity contribution in [2.75, 3.05) is 6.61 Å². The fraction of sp³-hybridized carbons (Fsp3) is 0.923. The molecule has 15 heavy (non-hydrogen) atoms. The molecule has 0 saturated carbocycles. The van der Waals surface area contributed by atoms with E-state index in [1.807, 2.05) is 6.92 Å². The first kappa shape index (κ1) is 14.5. The summed E-state index contributed by atoms with van der Waals surface area (Å²) in [7, 11) is 0. The standard InChI is InChI=1S/C13H26O2/c1-5-13(3,4)11-9-7-8-10-12(14)15-6-2/h5-11H2,1-4H3. The maximum Gasteiger partial charge on any atom is 0.305 e. The van der Waals surface area contributed by atoms with Crippen LogP contribution in [0.2, 0.25) is 0 Å². The molecule has 0 heterocycles. The van der Waals surface area contributed by atoms with Gasteiger partial charge in [0.05, 0.1) is 6.61 Å². The average Bonchev–Trinajstić information content (AvgIpc) is 2.17. The molecule has 0 aliphatic carbocycles. The fourth-order valence-corrected chi connectivity index (χ4v) is 1.46. The van der Waals surface area contributed by atoms with Gasteiger partial charge < -0.3 is 4.74 Å². The summed E-state index contributed by atoms with van der Waals surface area (Å²) in [5.74, 6) is -0.0488. The number of esters is 1. The van der Waals surface area contributed by atoms with Gasteiger partial charge in [0, 0.05) is 6.42 Å². The highest BCUT2D eigenvalue weighted by Gasteiger charge is 2.13. The first-order chi connectivity index (χ1) is 7.02. The molecule has 0 spiro atoms. The van der Waals surface area contributed by atoms with E-state index in [1.165, 1.54) is 19.3 Å². The van der Waals surface area contributed by atoms with Gasteiger partial charge in [-0.15, -0.1) is 0 Å². The van der Waals surface area contributed by atoms with Gasteiger partial charge in [0.25, 0.3) is 0 Å². The molecule has 0 amide bonds. The molecule has 0 aromatic carbocycles. The second-order valence-electron chi connectivity index (χ2n) is 4.88. The zero-order valence-corrected chi connectivity index (χ0v) is 10.8. The van der Waals surface area contributed by atoms with Crippen molar-refractivity contribution in [2.24, 2.45) is 5.41 Å². The topological polar surface area (TPSA) is 26.3 Å². The lowest BCUT2D eigenvalue weighted by molar-refractivity contribution is -0.143. The fourth-order valence-electron chi connectivity index (χ4n) is 1.46. The normalized spacial score (nSPS) is 11.5. The molecular formula is C13H26O2. The molecule has 0 rings (SSSR count). The summed E-state index contributed by atoms with van der Waals surface area (Å²) in [6, 6.07) is 0. The van der Waals surface area contributed by atoms with Gasteiger partial charge >= 0.3 is 5.97 Å². The van der Waals surface area contributed by atoms with Crippen LogP contribution in [0.25, 0.3) is 0 Å². The van der Waals surface area contributed by atoms with Gasteiger partial charge in [0.1, 0.15) is 0 Å². The van der Waals surface area contributed by atoms with E-state index in [1.54, 1.807) is 0 Å². The van der Waals surface area contributed by atoms with Gasteiger partial charge in [-0.1, -0.05) is 40.0 Å². The molecule has 90 valence electrons. The molecule has 0 aliphatic rings. The molecule has 2 heteroatoms. The molecule has 0 aromatic heterocycles. The molecule has 0 saturated heterocycles. The highest BCUT2D eigenvalue weighted by atomic mass is 16.5. The number of rotatable bonds is 8. The zero-order chi connectivity index (χ0) is 11.7. The average molecular weight is 214 g/mol. The molecule has 0 radical (unpaired) electrons. The summed E-state index contributed by atoms with van der Waals surface area (Å²) in [6.07, 6.45) is 6.40. The van der Waals surface area contributed by atoms with Gasteiger partial charge in [-0.3, -0.25) is 4.79 Å². The SMILES string of the molecule is CCOC(=O)CCCCCC(C)(C)CC. The lowest BCUT2D eigenvalue weighted by atomic mass is 9.84. The van der Waals surface area contributed by atoms with Crippen LogP contribution >= 0.6 is 0 Å². The summed E-state index contributed by atoms with van der Waals surface area (Å²) in [5.41, 5.74) is 0.462. The van der Waals surface area contributed by atoms with E-state index >= 15 is 0 Å². The second kappa shape index (κ2) is 7.72. The highest BCUT2D eigenvalue weighted by Crippen LogP contribution is 2.27. The lowest BCUT2D eigenvalue weighted by Crippen LogP contribution is -2.09. The molecule has 0 bridgehead atoms. The maximum absolute atomic E-state index is 11.0. The molecule has 0 aliphatic heterocycles. The molecular weight excluding hydrogens is 188 g/mol. The highest BCUT2D eigenvalue weighted by molar-refractivity contribution is 5.69. The third-order valence-corrected chi connectivity index (χ3v) is 3.00. The number of hydrogen-bond acceptors (Lipinski definition) is 2. The van der Waals surface area contributed by atoms with Crippen LogP contribution in [0.15, 0.2) is 0 Å². The number of carbonyl (C=O) groups excluding carboxylic acids is 1. The summed E-state index contributed by atoms with van der Waals surface area (Å²) < 4.78 is 4.87. The molecule has 0 unspecified atom stereocenters. The number of unbranched alkanes of at least 4 members (excludes halogenated alkanes) is 2. The lowest BCUT2D eigenvalue weighted by Gasteiger charge is -2.22. The molecule has 2 nitrogen and oxygen atoms in total. The van der Waals surface area contributed by atoms with Crippen molar-refractivity contribution in [3.63, 3.8) is 0 Å². The Morgan fingerprint density at radius 2 is 1.80 bits per heavy atom. The third kappa shape index (κ3) is 8.46.